The van der Waals surface area contributed by atoms with Crippen molar-refractivity contribution in [1.29, 1.82) is 0 Å². The first-order valence-electron chi connectivity index (χ1n) is 8.84. The Hall–Kier alpha value is -1.88. The molecule has 4 rings (SSSR count). The zero-order chi connectivity index (χ0) is 17.9. The third-order valence-corrected chi connectivity index (χ3v) is 5.42. The molecule has 0 saturated carbocycles. The van der Waals surface area contributed by atoms with Gasteiger partial charge < -0.3 is 0 Å². The summed E-state index contributed by atoms with van der Waals surface area (Å²) in [5.74, 6) is 1.53. The quantitative estimate of drug-likeness (QED) is 0.673. The number of H-pyrrole nitrogens is 1. The van der Waals surface area contributed by atoms with Crippen LogP contribution >= 0.6 is 23.2 Å². The number of nitrogens with zero attached hydrogens (tertiary/aromatic N) is 3. The van der Waals surface area contributed by atoms with Crippen molar-refractivity contribution in [3.63, 3.8) is 0 Å². The van der Waals surface area contributed by atoms with Gasteiger partial charge in [-0.05, 0) is 55.3 Å². The van der Waals surface area contributed by atoms with Crippen LogP contribution in [0.15, 0.2) is 42.5 Å². The van der Waals surface area contributed by atoms with Gasteiger partial charge in [-0.1, -0.05) is 47.5 Å². The SMILES string of the molecule is Clc1ccc(Cc2nc(-c3cccc(CN4CCCC4)c3)n[nH]2)cc1Cl. The third-order valence-electron chi connectivity index (χ3n) is 4.68. The van der Waals surface area contributed by atoms with Gasteiger partial charge in [0.05, 0.1) is 10.0 Å². The van der Waals surface area contributed by atoms with Crippen molar-refractivity contribution in [3.8, 4) is 11.4 Å². The van der Waals surface area contributed by atoms with Crippen LogP contribution in [0.5, 0.6) is 0 Å². The maximum atomic E-state index is 6.09. The van der Waals surface area contributed by atoms with E-state index in [0.717, 1.165) is 29.3 Å². The topological polar surface area (TPSA) is 44.8 Å². The van der Waals surface area contributed by atoms with Crippen LogP contribution in [0.25, 0.3) is 11.4 Å². The molecular weight excluding hydrogens is 367 g/mol. The highest BCUT2D eigenvalue weighted by Gasteiger charge is 2.13. The van der Waals surface area contributed by atoms with E-state index in [1.54, 1.807) is 6.07 Å². The van der Waals surface area contributed by atoms with Gasteiger partial charge in [-0.25, -0.2) is 4.98 Å². The van der Waals surface area contributed by atoms with Crippen LogP contribution in [-0.2, 0) is 13.0 Å². The molecule has 134 valence electrons. The molecule has 0 unspecified atom stereocenters. The third kappa shape index (κ3) is 4.09. The molecular formula is C20H20Cl2N4. The number of benzene rings is 2. The Balaban J connectivity index is 1.49. The number of aromatic nitrogens is 3. The highest BCUT2D eigenvalue weighted by Crippen LogP contribution is 2.24. The Morgan fingerprint density at radius 2 is 1.81 bits per heavy atom. The lowest BCUT2D eigenvalue weighted by Gasteiger charge is -2.14. The van der Waals surface area contributed by atoms with Crippen LogP contribution in [0.2, 0.25) is 10.0 Å². The van der Waals surface area contributed by atoms with E-state index in [4.69, 9.17) is 23.2 Å². The molecule has 1 aliphatic heterocycles. The van der Waals surface area contributed by atoms with Crippen molar-refractivity contribution in [2.75, 3.05) is 13.1 Å². The van der Waals surface area contributed by atoms with Gasteiger partial charge in [0, 0.05) is 18.5 Å². The minimum atomic E-state index is 0.554. The van der Waals surface area contributed by atoms with Gasteiger partial charge in [-0.15, -0.1) is 0 Å². The molecule has 0 amide bonds. The summed E-state index contributed by atoms with van der Waals surface area (Å²) in [5.41, 5.74) is 3.39. The van der Waals surface area contributed by atoms with Crippen LogP contribution in [0.3, 0.4) is 0 Å². The van der Waals surface area contributed by atoms with Crippen molar-refractivity contribution in [3.05, 3.63) is 69.5 Å². The fourth-order valence-electron chi connectivity index (χ4n) is 3.35. The molecule has 1 aromatic heterocycles. The van der Waals surface area contributed by atoms with Gasteiger partial charge in [0.25, 0.3) is 0 Å². The van der Waals surface area contributed by atoms with Gasteiger partial charge >= 0.3 is 0 Å². The van der Waals surface area contributed by atoms with E-state index in [0.29, 0.717) is 16.5 Å². The highest BCUT2D eigenvalue weighted by molar-refractivity contribution is 6.42. The van der Waals surface area contributed by atoms with Crippen LogP contribution < -0.4 is 0 Å². The van der Waals surface area contributed by atoms with Crippen molar-refractivity contribution >= 4 is 23.2 Å². The fourth-order valence-corrected chi connectivity index (χ4v) is 3.67. The average molecular weight is 387 g/mol. The maximum Gasteiger partial charge on any atom is 0.181 e. The van der Waals surface area contributed by atoms with E-state index in [-0.39, 0.29) is 0 Å². The van der Waals surface area contributed by atoms with Crippen LogP contribution in [0.4, 0.5) is 0 Å². The van der Waals surface area contributed by atoms with Crippen molar-refractivity contribution in [2.45, 2.75) is 25.8 Å². The summed E-state index contributed by atoms with van der Waals surface area (Å²) in [5, 5.41) is 8.53. The molecule has 26 heavy (non-hydrogen) atoms. The summed E-state index contributed by atoms with van der Waals surface area (Å²) < 4.78 is 0. The summed E-state index contributed by atoms with van der Waals surface area (Å²) in [6, 6.07) is 14.1. The molecule has 2 heterocycles. The Morgan fingerprint density at radius 1 is 0.962 bits per heavy atom. The van der Waals surface area contributed by atoms with Gasteiger partial charge in [0.15, 0.2) is 5.82 Å². The van der Waals surface area contributed by atoms with E-state index in [2.05, 4.69) is 44.3 Å². The second kappa shape index (κ2) is 7.78. The minimum absolute atomic E-state index is 0.554. The maximum absolute atomic E-state index is 6.09. The van der Waals surface area contributed by atoms with Crippen molar-refractivity contribution in [2.24, 2.45) is 0 Å². The van der Waals surface area contributed by atoms with E-state index in [1.165, 1.54) is 31.5 Å². The first-order valence-corrected chi connectivity index (χ1v) is 9.60. The van der Waals surface area contributed by atoms with E-state index in [1.807, 2.05) is 12.1 Å². The Morgan fingerprint density at radius 3 is 2.62 bits per heavy atom. The number of likely N-dealkylation sites (tertiary alicyclic amines) is 1. The highest BCUT2D eigenvalue weighted by atomic mass is 35.5. The fraction of sp³-hybridized carbons (Fsp3) is 0.300. The van der Waals surface area contributed by atoms with Gasteiger partial charge in [0.2, 0.25) is 0 Å². The first kappa shape index (κ1) is 17.5. The molecule has 1 aliphatic rings. The predicted octanol–water partition coefficient (Wildman–Crippen LogP) is 4.97. The molecule has 1 N–H and O–H groups in total. The summed E-state index contributed by atoms with van der Waals surface area (Å²) >= 11 is 12.1. The second-order valence-corrected chi connectivity index (χ2v) is 7.53. The number of halogens is 2. The van der Waals surface area contributed by atoms with Gasteiger partial charge in [-0.2, -0.15) is 5.10 Å². The number of aromatic amines is 1. The first-order chi connectivity index (χ1) is 12.7. The largest absolute Gasteiger partial charge is 0.299 e. The summed E-state index contributed by atoms with van der Waals surface area (Å²) in [6.07, 6.45) is 3.24. The number of rotatable bonds is 5. The molecule has 3 aromatic rings. The number of nitrogens with one attached hydrogen (secondary N) is 1. The molecule has 0 bridgehead atoms. The Labute approximate surface area is 163 Å². The van der Waals surface area contributed by atoms with E-state index < -0.39 is 0 Å². The second-order valence-electron chi connectivity index (χ2n) is 6.71. The van der Waals surface area contributed by atoms with E-state index >= 15 is 0 Å². The molecule has 1 fully saturated rings. The smallest absolute Gasteiger partial charge is 0.181 e. The van der Waals surface area contributed by atoms with Gasteiger partial charge in [-0.3, -0.25) is 10.00 Å². The van der Waals surface area contributed by atoms with Crippen molar-refractivity contribution < 1.29 is 0 Å². The minimum Gasteiger partial charge on any atom is -0.299 e. The molecule has 2 aromatic carbocycles. The lowest BCUT2D eigenvalue weighted by atomic mass is 10.1. The van der Waals surface area contributed by atoms with Crippen LogP contribution in [0.1, 0.15) is 29.8 Å². The lowest BCUT2D eigenvalue weighted by molar-refractivity contribution is 0.331. The molecule has 4 nitrogen and oxygen atoms in total. The lowest BCUT2D eigenvalue weighted by Crippen LogP contribution is -2.18. The summed E-state index contributed by atoms with van der Waals surface area (Å²) in [4.78, 5) is 7.14. The van der Waals surface area contributed by atoms with Crippen LogP contribution in [0, 0.1) is 0 Å². The Kier molecular flexibility index (Phi) is 5.25. The standard InChI is InChI=1S/C20H20Cl2N4/c21-17-7-6-14(11-18(17)22)12-19-23-20(25-24-19)16-5-3-4-15(10-16)13-26-8-1-2-9-26/h3-7,10-11H,1-2,8-9,12-13H2,(H,23,24,25). The average Bonchev–Trinajstić information content (AvgIpc) is 3.31. The monoisotopic (exact) mass is 386 g/mol. The molecule has 0 atom stereocenters. The molecule has 6 heteroatoms. The summed E-state index contributed by atoms with van der Waals surface area (Å²) in [6.45, 7) is 3.38. The van der Waals surface area contributed by atoms with E-state index in [9.17, 15) is 0 Å². The Bertz CT molecular complexity index is 900. The van der Waals surface area contributed by atoms with Crippen LogP contribution in [-0.4, -0.2) is 33.2 Å². The number of hydrogen-bond donors (Lipinski definition) is 1. The predicted molar refractivity (Wildman–Crippen MR) is 106 cm³/mol. The molecule has 1 saturated heterocycles. The number of hydrogen-bond acceptors (Lipinski definition) is 3. The zero-order valence-electron chi connectivity index (χ0n) is 14.4. The molecule has 0 spiro atoms. The van der Waals surface area contributed by atoms with Crippen molar-refractivity contribution in [1.82, 2.24) is 20.1 Å². The zero-order valence-corrected chi connectivity index (χ0v) is 15.9. The molecule has 0 radical (unpaired) electrons. The van der Waals surface area contributed by atoms with Gasteiger partial charge in [0.1, 0.15) is 5.82 Å². The summed E-state index contributed by atoms with van der Waals surface area (Å²) in [7, 11) is 0. The molecule has 0 aliphatic carbocycles. The normalized spacial score (nSPS) is 14.8.